The molecule has 0 radical (unpaired) electrons. The van der Waals surface area contributed by atoms with Crippen molar-refractivity contribution in [1.82, 2.24) is 0 Å². The van der Waals surface area contributed by atoms with Gasteiger partial charge in [-0.1, -0.05) is 45.0 Å². The highest BCUT2D eigenvalue weighted by Gasteiger charge is 2.18. The quantitative estimate of drug-likeness (QED) is 0.871. The van der Waals surface area contributed by atoms with Crippen LogP contribution in [0, 0.1) is 0 Å². The Labute approximate surface area is 118 Å². The van der Waals surface area contributed by atoms with Crippen LogP contribution in [0.5, 0.6) is 0 Å². The summed E-state index contributed by atoms with van der Waals surface area (Å²) in [6.45, 7) is 8.00. The van der Waals surface area contributed by atoms with Gasteiger partial charge in [0.15, 0.2) is 0 Å². The van der Waals surface area contributed by atoms with Crippen LogP contribution in [0.25, 0.3) is 0 Å². The van der Waals surface area contributed by atoms with Gasteiger partial charge >= 0.3 is 0 Å². The Bertz CT molecular complexity index is 420. The molecular formula is C15H24O3S. The summed E-state index contributed by atoms with van der Waals surface area (Å²) in [6.07, 6.45) is -0.905. The number of aliphatic hydroxyl groups is 2. The largest absolute Gasteiger partial charge is 0.394 e. The Morgan fingerprint density at radius 3 is 2.16 bits per heavy atom. The van der Waals surface area contributed by atoms with E-state index in [0.717, 1.165) is 5.56 Å². The van der Waals surface area contributed by atoms with Gasteiger partial charge in [-0.05, 0) is 23.5 Å². The van der Waals surface area contributed by atoms with E-state index < -0.39 is 16.9 Å². The van der Waals surface area contributed by atoms with Crippen molar-refractivity contribution in [2.45, 2.75) is 44.5 Å². The van der Waals surface area contributed by atoms with Crippen molar-refractivity contribution < 1.29 is 14.4 Å². The van der Waals surface area contributed by atoms with Crippen LogP contribution < -0.4 is 0 Å². The van der Waals surface area contributed by atoms with Crippen molar-refractivity contribution in [3.05, 3.63) is 35.4 Å². The first-order chi connectivity index (χ1) is 8.75. The first kappa shape index (κ1) is 16.3. The third-order valence-corrected chi connectivity index (χ3v) is 4.98. The van der Waals surface area contributed by atoms with Crippen LogP contribution in [0.2, 0.25) is 0 Å². The van der Waals surface area contributed by atoms with Crippen molar-refractivity contribution in [1.29, 1.82) is 0 Å². The third kappa shape index (κ3) is 4.71. The summed E-state index contributed by atoms with van der Waals surface area (Å²) in [5.41, 5.74) is 2.34. The van der Waals surface area contributed by atoms with Gasteiger partial charge in [-0.2, -0.15) is 0 Å². The number of benzene rings is 1. The second kappa shape index (κ2) is 6.64. The smallest absolute Gasteiger partial charge is 0.0886 e. The zero-order chi connectivity index (χ0) is 14.6. The van der Waals surface area contributed by atoms with E-state index in [1.54, 1.807) is 0 Å². The summed E-state index contributed by atoms with van der Waals surface area (Å²) < 4.78 is 12.0. The van der Waals surface area contributed by atoms with Gasteiger partial charge in [-0.3, -0.25) is 4.21 Å². The van der Waals surface area contributed by atoms with E-state index in [4.69, 9.17) is 5.11 Å². The SMILES string of the molecule is C[C@@H](c1ccc(C(C)(C)C)cc1)[S@](=O)C[C@@H](O)CO. The number of hydrogen-bond acceptors (Lipinski definition) is 3. The van der Waals surface area contributed by atoms with Crippen molar-refractivity contribution in [3.8, 4) is 0 Å². The molecule has 0 aliphatic rings. The molecule has 1 aromatic carbocycles. The van der Waals surface area contributed by atoms with Crippen molar-refractivity contribution >= 4 is 10.8 Å². The molecule has 19 heavy (non-hydrogen) atoms. The van der Waals surface area contributed by atoms with Gasteiger partial charge in [0, 0.05) is 10.8 Å². The topological polar surface area (TPSA) is 57.5 Å². The Kier molecular flexibility index (Phi) is 5.71. The molecule has 1 aromatic rings. The lowest BCUT2D eigenvalue weighted by molar-refractivity contribution is 0.113. The maximum Gasteiger partial charge on any atom is 0.0886 e. The molecule has 0 aliphatic carbocycles. The second-order valence-corrected chi connectivity index (χ2v) is 7.70. The van der Waals surface area contributed by atoms with Gasteiger partial charge in [0.1, 0.15) is 0 Å². The van der Waals surface area contributed by atoms with E-state index in [-0.39, 0.29) is 23.0 Å². The number of rotatable bonds is 5. The van der Waals surface area contributed by atoms with Gasteiger partial charge in [-0.15, -0.1) is 0 Å². The zero-order valence-corrected chi connectivity index (χ0v) is 12.9. The minimum absolute atomic E-state index is 0.105. The van der Waals surface area contributed by atoms with Crippen LogP contribution in [0.15, 0.2) is 24.3 Å². The Morgan fingerprint density at radius 1 is 1.21 bits per heavy atom. The summed E-state index contributed by atoms with van der Waals surface area (Å²) in [7, 11) is -1.18. The molecule has 0 spiro atoms. The molecule has 0 unspecified atom stereocenters. The van der Waals surface area contributed by atoms with E-state index >= 15 is 0 Å². The maximum atomic E-state index is 12.0. The third-order valence-electron chi connectivity index (χ3n) is 3.21. The molecule has 3 atom stereocenters. The Morgan fingerprint density at radius 2 is 1.74 bits per heavy atom. The van der Waals surface area contributed by atoms with E-state index in [1.807, 2.05) is 19.1 Å². The predicted octanol–water partition coefficient (Wildman–Crippen LogP) is 2.15. The monoisotopic (exact) mass is 284 g/mol. The van der Waals surface area contributed by atoms with Crippen molar-refractivity contribution in [2.24, 2.45) is 0 Å². The standard InChI is InChI=1S/C15H24O3S/c1-11(19(18)10-14(17)9-16)12-5-7-13(8-6-12)15(2,3)4/h5-8,11,14,16-17H,9-10H2,1-4H3/t11-,14-,19+/m0/s1. The lowest BCUT2D eigenvalue weighted by atomic mass is 9.86. The molecule has 4 heteroatoms. The summed E-state index contributed by atoms with van der Waals surface area (Å²) in [4.78, 5) is 0. The normalized spacial score (nSPS) is 16.9. The van der Waals surface area contributed by atoms with Gasteiger partial charge in [0.25, 0.3) is 0 Å². The predicted molar refractivity (Wildman–Crippen MR) is 79.7 cm³/mol. The summed E-state index contributed by atoms with van der Waals surface area (Å²) in [6, 6.07) is 8.11. The van der Waals surface area contributed by atoms with Gasteiger partial charge < -0.3 is 10.2 Å². The zero-order valence-electron chi connectivity index (χ0n) is 12.1. The summed E-state index contributed by atoms with van der Waals surface area (Å²) >= 11 is 0. The van der Waals surface area contributed by atoms with E-state index in [9.17, 15) is 9.32 Å². The minimum Gasteiger partial charge on any atom is -0.394 e. The van der Waals surface area contributed by atoms with Crippen molar-refractivity contribution in [3.63, 3.8) is 0 Å². The van der Waals surface area contributed by atoms with E-state index in [0.29, 0.717) is 0 Å². The fourth-order valence-corrected chi connectivity index (χ4v) is 3.03. The lowest BCUT2D eigenvalue weighted by Gasteiger charge is -2.20. The van der Waals surface area contributed by atoms with Crippen LogP contribution in [-0.2, 0) is 16.2 Å². The summed E-state index contributed by atoms with van der Waals surface area (Å²) in [5, 5.41) is 18.0. The Balaban J connectivity index is 2.78. The molecule has 3 nitrogen and oxygen atoms in total. The van der Waals surface area contributed by atoms with Crippen molar-refractivity contribution in [2.75, 3.05) is 12.4 Å². The molecule has 0 aliphatic heterocycles. The molecule has 0 amide bonds. The first-order valence-corrected chi connectivity index (χ1v) is 7.90. The Hall–Kier alpha value is -0.710. The molecule has 0 heterocycles. The molecule has 0 aromatic heterocycles. The average Bonchev–Trinajstić information content (AvgIpc) is 2.36. The van der Waals surface area contributed by atoms with Gasteiger partial charge in [-0.25, -0.2) is 0 Å². The average molecular weight is 284 g/mol. The highest BCUT2D eigenvalue weighted by Crippen LogP contribution is 2.26. The van der Waals surface area contributed by atoms with Crippen LogP contribution in [-0.4, -0.2) is 32.9 Å². The molecule has 108 valence electrons. The molecule has 0 bridgehead atoms. The molecule has 1 rings (SSSR count). The van der Waals surface area contributed by atoms with E-state index in [2.05, 4.69) is 32.9 Å². The second-order valence-electron chi connectivity index (χ2n) is 5.90. The summed E-state index contributed by atoms with van der Waals surface area (Å²) in [5.74, 6) is 0.110. The van der Waals surface area contributed by atoms with Crippen LogP contribution >= 0.6 is 0 Å². The highest BCUT2D eigenvalue weighted by atomic mass is 32.2. The fourth-order valence-electron chi connectivity index (χ4n) is 1.79. The van der Waals surface area contributed by atoms with E-state index in [1.165, 1.54) is 5.56 Å². The highest BCUT2D eigenvalue weighted by molar-refractivity contribution is 7.85. The number of aliphatic hydroxyl groups excluding tert-OH is 2. The molecule has 0 saturated heterocycles. The molecular weight excluding hydrogens is 260 g/mol. The molecule has 0 saturated carbocycles. The molecule has 2 N–H and O–H groups in total. The molecule has 0 fully saturated rings. The first-order valence-electron chi connectivity index (χ1n) is 6.52. The van der Waals surface area contributed by atoms with Gasteiger partial charge in [0.05, 0.1) is 23.7 Å². The minimum atomic E-state index is -1.18. The fraction of sp³-hybridized carbons (Fsp3) is 0.600. The van der Waals surface area contributed by atoms with Crippen LogP contribution in [0.3, 0.4) is 0 Å². The number of hydrogen-bond donors (Lipinski definition) is 2. The van der Waals surface area contributed by atoms with Crippen LogP contribution in [0.4, 0.5) is 0 Å². The maximum absolute atomic E-state index is 12.0. The van der Waals surface area contributed by atoms with Gasteiger partial charge in [0.2, 0.25) is 0 Å². The van der Waals surface area contributed by atoms with Crippen LogP contribution in [0.1, 0.15) is 44.1 Å². The lowest BCUT2D eigenvalue weighted by Crippen LogP contribution is -2.22.